The molecule has 1 aromatic heterocycles. The molecule has 1 rings (SSSR count). The van der Waals surface area contributed by atoms with Crippen LogP contribution in [0.1, 0.15) is 20.8 Å². The second-order valence-electron chi connectivity index (χ2n) is 5.84. The predicted molar refractivity (Wildman–Crippen MR) is 88.8 cm³/mol. The zero-order valence-electron chi connectivity index (χ0n) is 13.4. The van der Waals surface area contributed by atoms with Crippen LogP contribution in [0.15, 0.2) is 29.2 Å². The zero-order valence-corrected chi connectivity index (χ0v) is 14.3. The molecule has 0 aliphatic heterocycles. The molecule has 0 aliphatic rings. The van der Waals surface area contributed by atoms with Gasteiger partial charge in [-0.25, -0.2) is 9.59 Å². The van der Waals surface area contributed by atoms with Crippen LogP contribution in [0.4, 0.5) is 4.79 Å². The third kappa shape index (κ3) is 7.73. The molecule has 23 heavy (non-hydrogen) atoms. The second-order valence-corrected chi connectivity index (χ2v) is 6.99. The fraction of sp³-hybridized carbons (Fsp3) is 0.533. The van der Waals surface area contributed by atoms with Crippen LogP contribution in [-0.2, 0) is 16.1 Å². The average Bonchev–Trinajstić information content (AvgIpc) is 2.41. The van der Waals surface area contributed by atoms with E-state index in [-0.39, 0.29) is 11.3 Å². The number of carbonyl (C=O) groups is 2. The monoisotopic (exact) mass is 342 g/mol. The lowest BCUT2D eigenvalue weighted by Crippen LogP contribution is -2.45. The number of amides is 1. The van der Waals surface area contributed by atoms with Crippen LogP contribution in [0, 0.1) is 0 Å². The largest absolute Gasteiger partial charge is 0.480 e. The number of alkyl carbamates (subject to hydrolysis) is 1. The van der Waals surface area contributed by atoms with Crippen molar-refractivity contribution in [2.75, 3.05) is 11.5 Å². The number of aryl methyl sites for hydroxylation is 1. The topological polar surface area (TPSA) is 97.6 Å². The second kappa shape index (κ2) is 8.61. The Morgan fingerprint density at radius 1 is 1.39 bits per heavy atom. The van der Waals surface area contributed by atoms with Crippen molar-refractivity contribution in [2.45, 2.75) is 39.0 Å². The first-order valence-electron chi connectivity index (χ1n) is 7.14. The number of nitrogens with zero attached hydrogens (tertiary/aromatic N) is 1. The van der Waals surface area contributed by atoms with E-state index < -0.39 is 23.7 Å². The number of ether oxygens (including phenoxy) is 1. The van der Waals surface area contributed by atoms with Crippen molar-refractivity contribution in [3.05, 3.63) is 34.7 Å². The van der Waals surface area contributed by atoms with Gasteiger partial charge in [-0.05, 0) is 26.8 Å². The maximum Gasteiger partial charge on any atom is 0.408 e. The maximum absolute atomic E-state index is 11.6. The van der Waals surface area contributed by atoms with Crippen LogP contribution < -0.4 is 10.9 Å². The maximum atomic E-state index is 11.6. The molecule has 0 bridgehead atoms. The summed E-state index contributed by atoms with van der Waals surface area (Å²) in [6, 6.07) is 3.85. The molecule has 1 unspecified atom stereocenters. The number of nitrogens with one attached hydrogen (secondary N) is 1. The molecule has 0 saturated heterocycles. The van der Waals surface area contributed by atoms with Crippen molar-refractivity contribution in [2.24, 2.45) is 0 Å². The molecule has 7 nitrogen and oxygen atoms in total. The van der Waals surface area contributed by atoms with E-state index in [0.29, 0.717) is 12.3 Å². The van der Waals surface area contributed by atoms with Gasteiger partial charge in [0, 0.05) is 30.3 Å². The standard InChI is InChI=1S/C15H22N2O5S/c1-15(2,3)22-14(21)16-11(13(19)20)10-23-9-8-17-7-5-4-6-12(17)18/h4-7,11H,8-10H2,1-3H3,(H,16,21)(H,19,20). The minimum Gasteiger partial charge on any atom is -0.480 e. The summed E-state index contributed by atoms with van der Waals surface area (Å²) < 4.78 is 6.59. The summed E-state index contributed by atoms with van der Waals surface area (Å²) in [5.41, 5.74) is -0.788. The molecule has 0 aliphatic carbocycles. The van der Waals surface area contributed by atoms with E-state index in [0.717, 1.165) is 0 Å². The van der Waals surface area contributed by atoms with Crippen LogP contribution in [0.5, 0.6) is 0 Å². The lowest BCUT2D eigenvalue weighted by Gasteiger charge is -2.21. The van der Waals surface area contributed by atoms with Crippen molar-refractivity contribution in [3.63, 3.8) is 0 Å². The number of hydrogen-bond donors (Lipinski definition) is 2. The third-order valence-electron chi connectivity index (χ3n) is 2.65. The van der Waals surface area contributed by atoms with Crippen LogP contribution in [0.25, 0.3) is 0 Å². The number of pyridine rings is 1. The number of aromatic nitrogens is 1. The number of hydrogen-bond acceptors (Lipinski definition) is 5. The summed E-state index contributed by atoms with van der Waals surface area (Å²) in [6.07, 6.45) is 0.918. The van der Waals surface area contributed by atoms with E-state index in [1.54, 1.807) is 43.7 Å². The molecule has 128 valence electrons. The Labute approximate surface area is 139 Å². The van der Waals surface area contributed by atoms with E-state index >= 15 is 0 Å². The van der Waals surface area contributed by atoms with Gasteiger partial charge in [0.2, 0.25) is 0 Å². The molecule has 2 N–H and O–H groups in total. The molecule has 1 aromatic rings. The summed E-state index contributed by atoms with van der Waals surface area (Å²) in [5.74, 6) is -0.375. The summed E-state index contributed by atoms with van der Waals surface area (Å²) in [4.78, 5) is 34.3. The Hall–Kier alpha value is -1.96. The average molecular weight is 342 g/mol. The molecule has 1 atom stereocenters. The number of carbonyl (C=O) groups excluding carboxylic acids is 1. The normalized spacial score (nSPS) is 12.5. The highest BCUT2D eigenvalue weighted by atomic mass is 32.2. The van der Waals surface area contributed by atoms with E-state index in [2.05, 4.69) is 5.32 Å². The van der Waals surface area contributed by atoms with E-state index in [9.17, 15) is 14.4 Å². The molecule has 0 saturated carbocycles. The van der Waals surface area contributed by atoms with Gasteiger partial charge in [-0.15, -0.1) is 0 Å². The Morgan fingerprint density at radius 2 is 2.09 bits per heavy atom. The number of aliphatic carboxylic acids is 1. The first kappa shape index (κ1) is 19.1. The van der Waals surface area contributed by atoms with Crippen LogP contribution in [0.3, 0.4) is 0 Å². The molecule has 0 radical (unpaired) electrons. The van der Waals surface area contributed by atoms with Gasteiger partial charge in [-0.2, -0.15) is 11.8 Å². The highest BCUT2D eigenvalue weighted by Gasteiger charge is 2.23. The Bertz CT molecular complexity index is 594. The van der Waals surface area contributed by atoms with E-state index in [4.69, 9.17) is 9.84 Å². The third-order valence-corrected chi connectivity index (χ3v) is 3.69. The SMILES string of the molecule is CC(C)(C)OC(=O)NC(CSCCn1ccccc1=O)C(=O)O. The molecular weight excluding hydrogens is 320 g/mol. The quantitative estimate of drug-likeness (QED) is 0.730. The minimum absolute atomic E-state index is 0.102. The molecule has 1 amide bonds. The smallest absolute Gasteiger partial charge is 0.408 e. The Kier molecular flexibility index (Phi) is 7.15. The van der Waals surface area contributed by atoms with Gasteiger partial charge < -0.3 is 19.7 Å². The van der Waals surface area contributed by atoms with Gasteiger partial charge in [-0.1, -0.05) is 6.07 Å². The predicted octanol–water partition coefficient (Wildman–Crippen LogP) is 1.56. The molecule has 1 heterocycles. The lowest BCUT2D eigenvalue weighted by atomic mass is 10.2. The van der Waals surface area contributed by atoms with Gasteiger partial charge in [0.15, 0.2) is 0 Å². The fourth-order valence-electron chi connectivity index (χ4n) is 1.63. The molecule has 8 heteroatoms. The highest BCUT2D eigenvalue weighted by molar-refractivity contribution is 7.99. The van der Waals surface area contributed by atoms with Gasteiger partial charge in [0.1, 0.15) is 11.6 Å². The Balaban J connectivity index is 2.42. The van der Waals surface area contributed by atoms with Crippen LogP contribution in [0.2, 0.25) is 0 Å². The van der Waals surface area contributed by atoms with Crippen molar-refractivity contribution < 1.29 is 19.4 Å². The highest BCUT2D eigenvalue weighted by Crippen LogP contribution is 2.08. The zero-order chi connectivity index (χ0) is 17.5. The van der Waals surface area contributed by atoms with Crippen molar-refractivity contribution in [1.82, 2.24) is 9.88 Å². The lowest BCUT2D eigenvalue weighted by molar-refractivity contribution is -0.138. The number of carboxylic acids is 1. The van der Waals surface area contributed by atoms with Gasteiger partial charge >= 0.3 is 12.1 Å². The first-order valence-corrected chi connectivity index (χ1v) is 8.30. The minimum atomic E-state index is -1.12. The van der Waals surface area contributed by atoms with Gasteiger partial charge in [0.25, 0.3) is 5.56 Å². The van der Waals surface area contributed by atoms with E-state index in [1.165, 1.54) is 17.8 Å². The fourth-order valence-corrected chi connectivity index (χ4v) is 2.59. The summed E-state index contributed by atoms with van der Waals surface area (Å²) in [6.45, 7) is 5.58. The summed E-state index contributed by atoms with van der Waals surface area (Å²) >= 11 is 1.34. The molecule has 0 aromatic carbocycles. The van der Waals surface area contributed by atoms with Crippen LogP contribution >= 0.6 is 11.8 Å². The number of thioether (sulfide) groups is 1. The summed E-state index contributed by atoms with van der Waals surface area (Å²) in [5, 5.41) is 11.5. The molecule has 0 spiro atoms. The first-order chi connectivity index (χ1) is 10.7. The van der Waals surface area contributed by atoms with Crippen molar-refractivity contribution in [1.29, 1.82) is 0 Å². The number of carboxylic acid groups (broad SMARTS) is 1. The van der Waals surface area contributed by atoms with Crippen LogP contribution in [-0.4, -0.2) is 44.9 Å². The van der Waals surface area contributed by atoms with Crippen molar-refractivity contribution >= 4 is 23.8 Å². The summed E-state index contributed by atoms with van der Waals surface area (Å²) in [7, 11) is 0. The molecule has 0 fully saturated rings. The van der Waals surface area contributed by atoms with Gasteiger partial charge in [-0.3, -0.25) is 4.79 Å². The van der Waals surface area contributed by atoms with Gasteiger partial charge in [0.05, 0.1) is 0 Å². The van der Waals surface area contributed by atoms with Crippen molar-refractivity contribution in [3.8, 4) is 0 Å². The Morgan fingerprint density at radius 3 is 2.65 bits per heavy atom. The van der Waals surface area contributed by atoms with E-state index in [1.807, 2.05) is 0 Å². The molecular formula is C15H22N2O5S. The number of rotatable bonds is 7.